The average molecular weight is 332 g/mol. The molecule has 0 bridgehead atoms. The third kappa shape index (κ3) is 2.46. The highest BCUT2D eigenvalue weighted by Gasteiger charge is 2.34. The molecule has 6 heteroatoms. The lowest BCUT2D eigenvalue weighted by molar-refractivity contribution is 0.480. The summed E-state index contributed by atoms with van der Waals surface area (Å²) in [5.41, 5.74) is 8.54. The van der Waals surface area contributed by atoms with Crippen molar-refractivity contribution in [1.29, 1.82) is 0 Å². The predicted octanol–water partition coefficient (Wildman–Crippen LogP) is 3.67. The van der Waals surface area contributed by atoms with Crippen LogP contribution in [0.3, 0.4) is 0 Å². The van der Waals surface area contributed by atoms with Crippen LogP contribution in [-0.4, -0.2) is 22.7 Å². The smallest absolute Gasteiger partial charge is 0.181 e. The summed E-state index contributed by atoms with van der Waals surface area (Å²) in [4.78, 5) is 6.40. The number of benzene rings is 2. The van der Waals surface area contributed by atoms with Crippen LogP contribution in [0, 0.1) is 0 Å². The molecule has 112 valence electrons. The second-order valence-electron chi connectivity index (χ2n) is 5.50. The Morgan fingerprint density at radius 2 is 2.23 bits per heavy atom. The first kappa shape index (κ1) is 13.7. The molecule has 0 saturated carbocycles. The molecule has 4 nitrogen and oxygen atoms in total. The number of hydrogen-bond acceptors (Lipinski definition) is 5. The van der Waals surface area contributed by atoms with Gasteiger partial charge in [-0.15, -0.1) is 0 Å². The Balaban J connectivity index is 1.57. The Kier molecular flexibility index (Phi) is 3.13. The summed E-state index contributed by atoms with van der Waals surface area (Å²) in [5, 5.41) is 11.3. The van der Waals surface area contributed by atoms with Crippen LogP contribution in [-0.2, 0) is 6.42 Å². The minimum Gasteiger partial charge on any atom is -0.506 e. The van der Waals surface area contributed by atoms with E-state index in [-0.39, 0.29) is 5.75 Å². The molecule has 1 saturated heterocycles. The summed E-state index contributed by atoms with van der Waals surface area (Å²) >= 11 is 7.42. The minimum atomic E-state index is 0.189. The highest BCUT2D eigenvalue weighted by molar-refractivity contribution is 7.22. The Hall–Kier alpha value is -1.98. The number of fused-ring (bicyclic) bond motifs is 1. The summed E-state index contributed by atoms with van der Waals surface area (Å²) < 4.78 is 0.918. The number of halogens is 1. The maximum Gasteiger partial charge on any atom is 0.181 e. The maximum absolute atomic E-state index is 10.1. The number of aromatic hydroxyl groups is 1. The summed E-state index contributed by atoms with van der Waals surface area (Å²) in [5.74, 6) is 0.189. The molecule has 3 N–H and O–H groups in total. The largest absolute Gasteiger partial charge is 0.506 e. The first-order valence-electron chi connectivity index (χ1n) is 7.00. The number of rotatable bonds is 3. The number of anilines is 2. The van der Waals surface area contributed by atoms with Gasteiger partial charge >= 0.3 is 0 Å². The van der Waals surface area contributed by atoms with Crippen molar-refractivity contribution in [2.75, 3.05) is 17.2 Å². The third-order valence-corrected chi connectivity index (χ3v) is 4.95. The quantitative estimate of drug-likeness (QED) is 0.719. The molecule has 4 rings (SSSR count). The molecule has 1 atom stereocenters. The molecule has 3 aromatic rings. The molecule has 1 unspecified atom stereocenters. The lowest BCUT2D eigenvalue weighted by Gasteiger charge is -2.07. The number of thiazole rings is 1. The van der Waals surface area contributed by atoms with Gasteiger partial charge < -0.3 is 15.7 Å². The van der Waals surface area contributed by atoms with Crippen LogP contribution >= 0.6 is 22.9 Å². The Morgan fingerprint density at radius 3 is 3.05 bits per heavy atom. The lowest BCUT2D eigenvalue weighted by Crippen LogP contribution is -2.02. The lowest BCUT2D eigenvalue weighted by atomic mass is 10.1. The number of aromatic nitrogens is 1. The molecule has 22 heavy (non-hydrogen) atoms. The normalized spacial score (nSPS) is 17.1. The molecule has 0 aliphatic carbocycles. The van der Waals surface area contributed by atoms with Gasteiger partial charge in [-0.25, -0.2) is 4.98 Å². The minimum absolute atomic E-state index is 0.189. The predicted molar refractivity (Wildman–Crippen MR) is 92.0 cm³/mol. The Morgan fingerprint density at radius 1 is 1.36 bits per heavy atom. The van der Waals surface area contributed by atoms with Gasteiger partial charge in [0.15, 0.2) is 5.13 Å². The molecule has 1 aliphatic heterocycles. The number of phenolic OH excluding ortho intramolecular Hbond substituents is 1. The van der Waals surface area contributed by atoms with E-state index in [4.69, 9.17) is 17.3 Å². The Bertz CT molecular complexity index is 864. The number of phenols is 1. The van der Waals surface area contributed by atoms with E-state index in [0.717, 1.165) is 28.4 Å². The Labute approximate surface area is 136 Å². The van der Waals surface area contributed by atoms with E-state index in [2.05, 4.69) is 16.0 Å². The SMILES string of the molecule is Nc1nc2c(O)cc(N3CC3Cc3cccc(Cl)c3)cc2s1. The zero-order valence-electron chi connectivity index (χ0n) is 11.7. The van der Waals surface area contributed by atoms with Gasteiger partial charge in [0.1, 0.15) is 11.3 Å². The zero-order valence-corrected chi connectivity index (χ0v) is 13.2. The molecule has 2 aromatic carbocycles. The topological polar surface area (TPSA) is 62.1 Å². The summed E-state index contributed by atoms with van der Waals surface area (Å²) in [6, 6.07) is 12.2. The van der Waals surface area contributed by atoms with Crippen LogP contribution in [0.15, 0.2) is 36.4 Å². The summed E-state index contributed by atoms with van der Waals surface area (Å²) in [6.07, 6.45) is 0.949. The molecule has 2 heterocycles. The standard InChI is InChI=1S/C16H14ClN3OS/c17-10-3-1-2-9(4-10)5-12-8-20(12)11-6-13(21)15-14(7-11)22-16(18)19-15/h1-4,6-7,12,21H,5,8H2,(H2,18,19). The van der Waals surface area contributed by atoms with E-state index >= 15 is 0 Å². The first-order valence-corrected chi connectivity index (χ1v) is 8.20. The van der Waals surface area contributed by atoms with Gasteiger partial charge in [-0.2, -0.15) is 0 Å². The van der Waals surface area contributed by atoms with Crippen LogP contribution in [0.2, 0.25) is 5.02 Å². The second kappa shape index (κ2) is 5.04. The summed E-state index contributed by atoms with van der Waals surface area (Å²) in [7, 11) is 0. The molecular weight excluding hydrogens is 318 g/mol. The fraction of sp³-hybridized carbons (Fsp3) is 0.188. The maximum atomic E-state index is 10.1. The summed E-state index contributed by atoms with van der Waals surface area (Å²) in [6.45, 7) is 0.978. The van der Waals surface area contributed by atoms with Gasteiger partial charge in [0.2, 0.25) is 0 Å². The van der Waals surface area contributed by atoms with E-state index in [1.807, 2.05) is 24.3 Å². The molecular formula is C16H14ClN3OS. The van der Waals surface area contributed by atoms with Gasteiger partial charge in [0, 0.05) is 23.3 Å². The van der Waals surface area contributed by atoms with Crippen LogP contribution in [0.4, 0.5) is 10.8 Å². The van der Waals surface area contributed by atoms with Gasteiger partial charge in [-0.1, -0.05) is 35.1 Å². The highest BCUT2D eigenvalue weighted by atomic mass is 35.5. The van der Waals surface area contributed by atoms with Crippen molar-refractivity contribution in [2.45, 2.75) is 12.5 Å². The van der Waals surface area contributed by atoms with Gasteiger partial charge in [-0.05, 0) is 30.2 Å². The monoisotopic (exact) mass is 331 g/mol. The van der Waals surface area contributed by atoms with Crippen LogP contribution < -0.4 is 10.6 Å². The van der Waals surface area contributed by atoms with Gasteiger partial charge in [0.25, 0.3) is 0 Å². The van der Waals surface area contributed by atoms with E-state index < -0.39 is 0 Å². The van der Waals surface area contributed by atoms with Crippen molar-refractivity contribution < 1.29 is 5.11 Å². The molecule has 0 spiro atoms. The number of nitrogens with zero attached hydrogens (tertiary/aromatic N) is 2. The van der Waals surface area contributed by atoms with Crippen molar-refractivity contribution in [3.05, 3.63) is 47.0 Å². The highest BCUT2D eigenvalue weighted by Crippen LogP contribution is 2.39. The number of nitrogen functional groups attached to an aromatic ring is 1. The van der Waals surface area contributed by atoms with E-state index in [1.54, 1.807) is 6.07 Å². The second-order valence-corrected chi connectivity index (χ2v) is 7.00. The van der Waals surface area contributed by atoms with Crippen LogP contribution in [0.1, 0.15) is 5.56 Å². The number of nitrogens with two attached hydrogens (primary N) is 1. The molecule has 0 radical (unpaired) electrons. The fourth-order valence-corrected chi connectivity index (χ4v) is 3.79. The van der Waals surface area contributed by atoms with Crippen molar-refractivity contribution in [3.63, 3.8) is 0 Å². The van der Waals surface area contributed by atoms with Crippen molar-refractivity contribution in [3.8, 4) is 5.75 Å². The van der Waals surface area contributed by atoms with Gasteiger partial charge in [-0.3, -0.25) is 0 Å². The van der Waals surface area contributed by atoms with Crippen LogP contribution in [0.5, 0.6) is 5.75 Å². The molecule has 1 fully saturated rings. The zero-order chi connectivity index (χ0) is 15.3. The van der Waals surface area contributed by atoms with Crippen LogP contribution in [0.25, 0.3) is 10.2 Å². The van der Waals surface area contributed by atoms with Crippen molar-refractivity contribution in [2.24, 2.45) is 0 Å². The molecule has 0 amide bonds. The fourth-order valence-electron chi connectivity index (χ4n) is 2.79. The van der Waals surface area contributed by atoms with Gasteiger partial charge in [0.05, 0.1) is 10.7 Å². The number of hydrogen-bond donors (Lipinski definition) is 2. The molecule has 1 aliphatic rings. The van der Waals surface area contributed by atoms with Crippen molar-refractivity contribution >= 4 is 44.0 Å². The molecule has 1 aromatic heterocycles. The average Bonchev–Trinajstić information content (AvgIpc) is 3.11. The van der Waals surface area contributed by atoms with E-state index in [1.165, 1.54) is 16.9 Å². The third-order valence-electron chi connectivity index (χ3n) is 3.88. The first-order chi connectivity index (χ1) is 10.6. The van der Waals surface area contributed by atoms with E-state index in [0.29, 0.717) is 16.7 Å². The van der Waals surface area contributed by atoms with E-state index in [9.17, 15) is 5.11 Å². The van der Waals surface area contributed by atoms with Crippen molar-refractivity contribution in [1.82, 2.24) is 4.98 Å².